The summed E-state index contributed by atoms with van der Waals surface area (Å²) >= 11 is 0. The van der Waals surface area contributed by atoms with E-state index >= 15 is 0 Å². The molecule has 0 spiro atoms. The average Bonchev–Trinajstić information content (AvgIpc) is 2.53. The maximum Gasteiger partial charge on any atom is 0.303 e. The largest absolute Gasteiger partial charge is 0.481 e. The second-order valence-corrected chi connectivity index (χ2v) is 6.42. The van der Waals surface area contributed by atoms with Crippen molar-refractivity contribution in [1.29, 1.82) is 0 Å². The fourth-order valence-corrected chi connectivity index (χ4v) is 2.57. The second-order valence-electron chi connectivity index (χ2n) is 6.42. The molecule has 0 rings (SSSR count). The summed E-state index contributed by atoms with van der Waals surface area (Å²) in [6.45, 7) is 2.24. The first-order valence-corrected chi connectivity index (χ1v) is 9.79. The number of allylic oxidation sites excluding steroid dienone is 4. The normalized spacial score (nSPS) is 11.7. The molecule has 0 fully saturated rings. The molecule has 0 aliphatic carbocycles. The van der Waals surface area contributed by atoms with Crippen LogP contribution in [0.15, 0.2) is 24.3 Å². The molecule has 2 nitrogen and oxygen atoms in total. The monoisotopic (exact) mass is 322 g/mol. The summed E-state index contributed by atoms with van der Waals surface area (Å²) in [5.41, 5.74) is 0. The highest BCUT2D eigenvalue weighted by Crippen LogP contribution is 2.10. The van der Waals surface area contributed by atoms with Gasteiger partial charge < -0.3 is 5.11 Å². The maximum atomic E-state index is 10.3. The molecular weight excluding hydrogens is 284 g/mol. The third-order valence-electron chi connectivity index (χ3n) is 4.06. The van der Waals surface area contributed by atoms with Crippen molar-refractivity contribution < 1.29 is 9.90 Å². The minimum Gasteiger partial charge on any atom is -0.481 e. The molecule has 0 heterocycles. The summed E-state index contributed by atoms with van der Waals surface area (Å²) in [5.74, 6) is -0.689. The quantitative estimate of drug-likeness (QED) is 0.230. The lowest BCUT2D eigenvalue weighted by Gasteiger charge is -2.00. The topological polar surface area (TPSA) is 37.3 Å². The Balaban J connectivity index is 3.11. The van der Waals surface area contributed by atoms with E-state index in [2.05, 4.69) is 31.2 Å². The van der Waals surface area contributed by atoms with Crippen LogP contribution in [-0.2, 0) is 4.79 Å². The molecule has 0 aromatic heterocycles. The van der Waals surface area contributed by atoms with E-state index < -0.39 is 5.97 Å². The molecule has 0 unspecified atom stereocenters. The molecule has 0 atom stereocenters. The lowest BCUT2D eigenvalue weighted by molar-refractivity contribution is -0.137. The van der Waals surface area contributed by atoms with Gasteiger partial charge in [-0.15, -0.1) is 0 Å². The Morgan fingerprint density at radius 2 is 1.04 bits per heavy atom. The van der Waals surface area contributed by atoms with Gasteiger partial charge in [-0.05, 0) is 44.9 Å². The number of carbonyl (C=O) groups is 1. The minimum atomic E-state index is -0.689. The van der Waals surface area contributed by atoms with Gasteiger partial charge in [0, 0.05) is 6.42 Å². The fourth-order valence-electron chi connectivity index (χ4n) is 2.57. The third-order valence-corrected chi connectivity index (χ3v) is 4.06. The molecule has 0 aromatic carbocycles. The van der Waals surface area contributed by atoms with Crippen LogP contribution in [0, 0.1) is 0 Å². The highest BCUT2D eigenvalue weighted by Gasteiger charge is 1.93. The lowest BCUT2D eigenvalue weighted by atomic mass is 10.1. The zero-order valence-electron chi connectivity index (χ0n) is 15.3. The first-order chi connectivity index (χ1) is 11.3. The molecule has 0 saturated heterocycles. The number of carboxylic acid groups (broad SMARTS) is 1. The van der Waals surface area contributed by atoms with Crippen LogP contribution in [0.4, 0.5) is 0 Å². The van der Waals surface area contributed by atoms with E-state index in [0.29, 0.717) is 6.42 Å². The molecular formula is C21H38O2. The molecule has 0 aliphatic rings. The Bertz CT molecular complexity index is 305. The van der Waals surface area contributed by atoms with E-state index in [-0.39, 0.29) is 0 Å². The van der Waals surface area contributed by atoms with Crippen LogP contribution in [0.1, 0.15) is 103 Å². The van der Waals surface area contributed by atoms with E-state index in [1.165, 1.54) is 70.6 Å². The van der Waals surface area contributed by atoms with E-state index in [1.54, 1.807) is 0 Å². The molecule has 0 aromatic rings. The molecule has 0 radical (unpaired) electrons. The number of unbranched alkanes of at least 4 members (excludes halogenated alkanes) is 11. The summed E-state index contributed by atoms with van der Waals surface area (Å²) < 4.78 is 0. The molecule has 0 saturated carbocycles. The van der Waals surface area contributed by atoms with Crippen LogP contribution in [0.25, 0.3) is 0 Å². The second kappa shape index (κ2) is 19.0. The molecule has 0 amide bonds. The van der Waals surface area contributed by atoms with E-state index in [4.69, 9.17) is 5.11 Å². The lowest BCUT2D eigenvalue weighted by Crippen LogP contribution is -1.92. The Labute approximate surface area is 144 Å². The van der Waals surface area contributed by atoms with Gasteiger partial charge in [0.2, 0.25) is 0 Å². The van der Waals surface area contributed by atoms with Crippen molar-refractivity contribution in [1.82, 2.24) is 0 Å². The Morgan fingerprint density at radius 1 is 0.652 bits per heavy atom. The van der Waals surface area contributed by atoms with Crippen molar-refractivity contribution in [3.8, 4) is 0 Å². The molecule has 1 N–H and O–H groups in total. The first-order valence-electron chi connectivity index (χ1n) is 9.79. The van der Waals surface area contributed by atoms with Gasteiger partial charge in [-0.2, -0.15) is 0 Å². The number of aliphatic carboxylic acids is 1. The summed E-state index contributed by atoms with van der Waals surface area (Å²) in [6.07, 6.45) is 26.7. The van der Waals surface area contributed by atoms with Gasteiger partial charge in [0.1, 0.15) is 0 Å². The third kappa shape index (κ3) is 21.0. The van der Waals surface area contributed by atoms with Crippen molar-refractivity contribution in [3.05, 3.63) is 24.3 Å². The van der Waals surface area contributed by atoms with Crippen molar-refractivity contribution in [2.24, 2.45) is 0 Å². The Kier molecular flexibility index (Phi) is 18.1. The number of carboxylic acids is 1. The van der Waals surface area contributed by atoms with Crippen LogP contribution in [0.3, 0.4) is 0 Å². The van der Waals surface area contributed by atoms with Gasteiger partial charge in [-0.25, -0.2) is 0 Å². The van der Waals surface area contributed by atoms with Gasteiger partial charge in [-0.1, -0.05) is 76.2 Å². The minimum absolute atomic E-state index is 0.291. The van der Waals surface area contributed by atoms with E-state index in [0.717, 1.165) is 19.3 Å². The zero-order valence-corrected chi connectivity index (χ0v) is 15.3. The summed E-state index contributed by atoms with van der Waals surface area (Å²) in [6, 6.07) is 0. The smallest absolute Gasteiger partial charge is 0.303 e. The molecule has 23 heavy (non-hydrogen) atoms. The predicted molar refractivity (Wildman–Crippen MR) is 101 cm³/mol. The summed E-state index contributed by atoms with van der Waals surface area (Å²) in [7, 11) is 0. The average molecular weight is 323 g/mol. The van der Waals surface area contributed by atoms with Crippen LogP contribution < -0.4 is 0 Å². The standard InChI is InChI=1S/C21H38O2/c1-2-3-4-5-6-7-8-9-10-11-12-13-14-15-16-17-18-19-20-21(22)23/h5-6,16-17H,2-4,7-15,18-20H2,1H3,(H,22,23)/b6-5+,17-16+. The van der Waals surface area contributed by atoms with Crippen LogP contribution >= 0.6 is 0 Å². The van der Waals surface area contributed by atoms with Crippen molar-refractivity contribution in [2.45, 2.75) is 103 Å². The fraction of sp³-hybridized carbons (Fsp3) is 0.762. The van der Waals surface area contributed by atoms with Crippen LogP contribution in [0.5, 0.6) is 0 Å². The Morgan fingerprint density at radius 3 is 1.48 bits per heavy atom. The SMILES string of the molecule is CCCC/C=C/CCCCCCCCC/C=C/CCCC(=O)O. The van der Waals surface area contributed by atoms with Crippen LogP contribution in [0.2, 0.25) is 0 Å². The van der Waals surface area contributed by atoms with Gasteiger partial charge in [0.05, 0.1) is 0 Å². The molecule has 0 aliphatic heterocycles. The summed E-state index contributed by atoms with van der Waals surface area (Å²) in [4.78, 5) is 10.3. The number of hydrogen-bond acceptors (Lipinski definition) is 1. The zero-order chi connectivity index (χ0) is 17.0. The van der Waals surface area contributed by atoms with Gasteiger partial charge in [0.15, 0.2) is 0 Å². The van der Waals surface area contributed by atoms with Gasteiger partial charge >= 0.3 is 5.97 Å². The number of hydrogen-bond donors (Lipinski definition) is 1. The van der Waals surface area contributed by atoms with Gasteiger partial charge in [0.25, 0.3) is 0 Å². The number of rotatable bonds is 17. The van der Waals surface area contributed by atoms with Crippen molar-refractivity contribution in [3.63, 3.8) is 0 Å². The predicted octanol–water partition coefficient (Wildman–Crippen LogP) is 7.05. The van der Waals surface area contributed by atoms with Crippen molar-refractivity contribution in [2.75, 3.05) is 0 Å². The highest BCUT2D eigenvalue weighted by molar-refractivity contribution is 5.66. The maximum absolute atomic E-state index is 10.3. The molecule has 2 heteroatoms. The van der Waals surface area contributed by atoms with Gasteiger partial charge in [-0.3, -0.25) is 4.79 Å². The van der Waals surface area contributed by atoms with E-state index in [9.17, 15) is 4.79 Å². The first kappa shape index (κ1) is 21.9. The Hall–Kier alpha value is -1.05. The van der Waals surface area contributed by atoms with Crippen LogP contribution in [-0.4, -0.2) is 11.1 Å². The van der Waals surface area contributed by atoms with Crippen molar-refractivity contribution >= 4 is 5.97 Å². The molecule has 0 bridgehead atoms. The van der Waals surface area contributed by atoms with E-state index in [1.807, 2.05) is 0 Å². The summed E-state index contributed by atoms with van der Waals surface area (Å²) in [5, 5.41) is 8.52. The highest BCUT2D eigenvalue weighted by atomic mass is 16.4. The molecule has 134 valence electrons.